The molecule has 0 bridgehead atoms. The number of pyridine rings is 1. The predicted octanol–water partition coefficient (Wildman–Crippen LogP) is 7.45. The Kier molecular flexibility index (Phi) is 13.6. The number of nitriles is 1. The monoisotopic (exact) mass is 756 g/mol. The highest BCUT2D eigenvalue weighted by atomic mass is 35.5. The van der Waals surface area contributed by atoms with Crippen LogP contribution in [0.25, 0.3) is 11.1 Å². The van der Waals surface area contributed by atoms with Gasteiger partial charge < -0.3 is 39.1 Å². The molecule has 0 saturated heterocycles. The van der Waals surface area contributed by atoms with Crippen molar-refractivity contribution in [3.8, 4) is 40.2 Å². The number of aromatic nitrogens is 1. The fourth-order valence-corrected chi connectivity index (χ4v) is 6.00. The molecule has 3 aromatic carbocycles. The van der Waals surface area contributed by atoms with Gasteiger partial charge in [-0.1, -0.05) is 35.9 Å². The second-order valence-electron chi connectivity index (χ2n) is 13.6. The van der Waals surface area contributed by atoms with Gasteiger partial charge in [0.05, 0.1) is 17.7 Å². The molecule has 0 aliphatic carbocycles. The van der Waals surface area contributed by atoms with Gasteiger partial charge in [-0.05, 0) is 87.1 Å². The minimum atomic E-state index is -0.682. The van der Waals surface area contributed by atoms with Gasteiger partial charge in [-0.2, -0.15) is 5.26 Å². The number of ether oxygens (including phenoxy) is 6. The van der Waals surface area contributed by atoms with Gasteiger partial charge in [0.1, 0.15) is 55.6 Å². The Bertz CT molecular complexity index is 1990. The number of amides is 1. The highest BCUT2D eigenvalue weighted by molar-refractivity contribution is 6.32. The van der Waals surface area contributed by atoms with E-state index in [1.165, 1.54) is 13.3 Å². The van der Waals surface area contributed by atoms with Crippen molar-refractivity contribution in [2.24, 2.45) is 0 Å². The first-order valence-corrected chi connectivity index (χ1v) is 18.0. The van der Waals surface area contributed by atoms with Crippen molar-refractivity contribution >= 4 is 23.7 Å². The fraction of sp³-hybridized carbons (Fsp3) is 0.366. The van der Waals surface area contributed by atoms with E-state index in [0.29, 0.717) is 65.8 Å². The lowest BCUT2D eigenvalue weighted by Gasteiger charge is -2.21. The molecule has 5 rings (SSSR count). The number of alkyl carbamates (subject to hydrolysis) is 1. The van der Waals surface area contributed by atoms with Gasteiger partial charge in [0.25, 0.3) is 0 Å². The van der Waals surface area contributed by atoms with E-state index in [4.69, 9.17) is 40.0 Å². The number of fused-ring (bicyclic) bond motifs is 1. The number of nitrogens with one attached hydrogen (secondary N) is 2. The van der Waals surface area contributed by atoms with E-state index in [1.54, 1.807) is 45.2 Å². The van der Waals surface area contributed by atoms with Crippen molar-refractivity contribution in [3.05, 3.63) is 99.8 Å². The van der Waals surface area contributed by atoms with E-state index in [-0.39, 0.29) is 19.8 Å². The van der Waals surface area contributed by atoms with Crippen LogP contribution in [-0.2, 0) is 34.0 Å². The summed E-state index contributed by atoms with van der Waals surface area (Å²) in [5.74, 6) is 1.87. The summed E-state index contributed by atoms with van der Waals surface area (Å²) in [7, 11) is 1.32. The topological polar surface area (TPSA) is 150 Å². The average Bonchev–Trinajstić information content (AvgIpc) is 3.16. The van der Waals surface area contributed by atoms with Gasteiger partial charge in [-0.15, -0.1) is 0 Å². The third-order valence-corrected chi connectivity index (χ3v) is 8.77. The molecule has 2 N–H and O–H groups in total. The first kappa shape index (κ1) is 39.7. The first-order chi connectivity index (χ1) is 25.9. The van der Waals surface area contributed by atoms with Crippen molar-refractivity contribution < 1.29 is 38.0 Å². The Morgan fingerprint density at radius 1 is 0.981 bits per heavy atom. The van der Waals surface area contributed by atoms with Crippen molar-refractivity contribution in [1.29, 1.82) is 5.26 Å². The minimum Gasteiger partial charge on any atom is -0.488 e. The molecule has 1 aliphatic rings. The molecule has 284 valence electrons. The molecule has 0 fully saturated rings. The summed E-state index contributed by atoms with van der Waals surface area (Å²) in [6.07, 6.45) is 3.45. The average molecular weight is 757 g/mol. The lowest BCUT2D eigenvalue weighted by Crippen LogP contribution is -2.38. The summed E-state index contributed by atoms with van der Waals surface area (Å²) in [5.41, 5.74) is 5.21. The number of rotatable bonds is 15. The zero-order chi connectivity index (χ0) is 38.7. The molecule has 4 aromatic rings. The Hall–Kier alpha value is -5.51. The smallest absolute Gasteiger partial charge is 0.407 e. The second-order valence-corrected chi connectivity index (χ2v) is 14.0. The Morgan fingerprint density at radius 2 is 1.76 bits per heavy atom. The number of hydrogen-bond acceptors (Lipinski definition) is 11. The van der Waals surface area contributed by atoms with Crippen LogP contribution in [0.5, 0.6) is 23.0 Å². The molecular weight excluding hydrogens is 712 g/mol. The maximum absolute atomic E-state index is 12.7. The van der Waals surface area contributed by atoms with Crippen LogP contribution in [-0.4, -0.2) is 55.6 Å². The quantitative estimate of drug-likeness (QED) is 0.0920. The van der Waals surface area contributed by atoms with Crippen molar-refractivity contribution in [2.45, 2.75) is 71.9 Å². The number of carbonyl (C=O) groups excluding carboxylic acids is 2. The zero-order valence-corrected chi connectivity index (χ0v) is 31.9. The van der Waals surface area contributed by atoms with Crippen molar-refractivity contribution in [2.75, 3.05) is 26.9 Å². The lowest BCUT2D eigenvalue weighted by atomic mass is 9.96. The molecule has 1 amide bonds. The maximum atomic E-state index is 12.7. The number of halogens is 1. The highest BCUT2D eigenvalue weighted by Crippen LogP contribution is 2.37. The number of esters is 1. The van der Waals surface area contributed by atoms with Crippen LogP contribution in [0.1, 0.15) is 61.4 Å². The molecule has 1 aromatic heterocycles. The summed E-state index contributed by atoms with van der Waals surface area (Å²) >= 11 is 6.82. The molecule has 1 unspecified atom stereocenters. The van der Waals surface area contributed by atoms with E-state index in [2.05, 4.69) is 27.8 Å². The van der Waals surface area contributed by atoms with Crippen LogP contribution < -0.4 is 29.6 Å². The Morgan fingerprint density at radius 3 is 2.52 bits per heavy atom. The summed E-state index contributed by atoms with van der Waals surface area (Å²) in [5, 5.41) is 15.7. The molecule has 12 nitrogen and oxygen atoms in total. The lowest BCUT2D eigenvalue weighted by molar-refractivity contribution is -0.143. The third-order valence-electron chi connectivity index (χ3n) is 8.48. The van der Waals surface area contributed by atoms with Crippen LogP contribution in [0, 0.1) is 18.3 Å². The SMILES string of the molecule is COC(=O)C(CCCNC(=O)OC(C)(C)C)NCc1cc(Cl)c(OCc2cccc(-c3ccc4c(c3)OCCO4)c2C)cc1OCc1cncc(C#N)c1. The van der Waals surface area contributed by atoms with E-state index in [0.717, 1.165) is 33.8 Å². The van der Waals surface area contributed by atoms with Gasteiger partial charge in [-0.25, -0.2) is 4.79 Å². The summed E-state index contributed by atoms with van der Waals surface area (Å²) in [6.45, 7) is 9.30. The van der Waals surface area contributed by atoms with Gasteiger partial charge in [-0.3, -0.25) is 9.78 Å². The minimum absolute atomic E-state index is 0.115. The number of benzene rings is 3. The molecule has 1 aliphatic heterocycles. The Labute approximate surface area is 320 Å². The normalized spacial score (nSPS) is 12.6. The number of methoxy groups -OCH3 is 1. The largest absolute Gasteiger partial charge is 0.488 e. The summed E-state index contributed by atoms with van der Waals surface area (Å²) in [6, 6.07) is 18.5. The fourth-order valence-electron chi connectivity index (χ4n) is 5.76. The van der Waals surface area contributed by atoms with Crippen molar-refractivity contribution in [3.63, 3.8) is 0 Å². The second kappa shape index (κ2) is 18.5. The molecule has 1 atom stereocenters. The van der Waals surface area contributed by atoms with E-state index < -0.39 is 23.7 Å². The molecule has 0 spiro atoms. The molecule has 54 heavy (non-hydrogen) atoms. The maximum Gasteiger partial charge on any atom is 0.407 e. The summed E-state index contributed by atoms with van der Waals surface area (Å²) < 4.78 is 34.4. The van der Waals surface area contributed by atoms with Crippen molar-refractivity contribution in [1.82, 2.24) is 15.6 Å². The van der Waals surface area contributed by atoms with Crippen LogP contribution in [0.4, 0.5) is 4.79 Å². The van der Waals surface area contributed by atoms with Gasteiger partial charge in [0, 0.05) is 42.7 Å². The number of carbonyl (C=O) groups is 2. The molecule has 0 saturated carbocycles. The third kappa shape index (κ3) is 11.0. The highest BCUT2D eigenvalue weighted by Gasteiger charge is 2.22. The molecular formula is C41H45ClN4O8. The first-order valence-electron chi connectivity index (χ1n) is 17.6. The van der Waals surface area contributed by atoms with Crippen LogP contribution >= 0.6 is 11.6 Å². The predicted molar refractivity (Wildman–Crippen MR) is 203 cm³/mol. The van der Waals surface area contributed by atoms with E-state index >= 15 is 0 Å². The van der Waals surface area contributed by atoms with E-state index in [1.807, 2.05) is 37.3 Å². The summed E-state index contributed by atoms with van der Waals surface area (Å²) in [4.78, 5) is 28.9. The zero-order valence-electron chi connectivity index (χ0n) is 31.1. The van der Waals surface area contributed by atoms with Gasteiger partial charge in [0.2, 0.25) is 0 Å². The van der Waals surface area contributed by atoms with E-state index in [9.17, 15) is 14.9 Å². The molecule has 2 heterocycles. The Balaban J connectivity index is 1.32. The van der Waals surface area contributed by atoms with Gasteiger partial charge in [0.15, 0.2) is 11.5 Å². The van der Waals surface area contributed by atoms with Crippen LogP contribution in [0.3, 0.4) is 0 Å². The van der Waals surface area contributed by atoms with Crippen LogP contribution in [0.15, 0.2) is 67.0 Å². The van der Waals surface area contributed by atoms with Gasteiger partial charge >= 0.3 is 12.1 Å². The standard InChI is InChI=1S/C41H45ClN4O8/c1-26-30(8-6-9-32(26)29-11-12-35-38(18-29)51-15-14-50-35)25-53-37-19-36(52-24-28-16-27(20-43)21-44-22-28)31(17-33(37)42)23-46-34(39(47)49-5)10-7-13-45-40(48)54-41(2,3)4/h6,8-9,11-12,16-19,21-22,34,46H,7,10,13-15,23-25H2,1-5H3,(H,45,48). The number of nitrogens with zero attached hydrogens (tertiary/aromatic N) is 2. The van der Waals surface area contributed by atoms with Crippen LogP contribution in [0.2, 0.25) is 5.02 Å². The molecule has 0 radical (unpaired) electrons. The number of hydrogen-bond donors (Lipinski definition) is 2. The molecule has 13 heteroatoms.